The van der Waals surface area contributed by atoms with Crippen molar-refractivity contribution in [1.29, 1.82) is 0 Å². The summed E-state index contributed by atoms with van der Waals surface area (Å²) in [4.78, 5) is 14.6. The maximum absolute atomic E-state index is 13.1. The Morgan fingerprint density at radius 3 is 2.43 bits per heavy atom. The van der Waals surface area contributed by atoms with Crippen molar-refractivity contribution >= 4 is 23.3 Å². The molecule has 0 spiro atoms. The van der Waals surface area contributed by atoms with E-state index in [1.54, 1.807) is 23.1 Å². The molecule has 0 unspecified atom stereocenters. The van der Waals surface area contributed by atoms with E-state index in [0.717, 1.165) is 5.56 Å². The van der Waals surface area contributed by atoms with Crippen molar-refractivity contribution in [2.45, 2.75) is 25.1 Å². The molecule has 2 aliphatic heterocycles. The molecule has 0 saturated carbocycles. The minimum atomic E-state index is -0.890. The van der Waals surface area contributed by atoms with Crippen molar-refractivity contribution in [3.8, 4) is 23.0 Å². The maximum atomic E-state index is 13.1. The van der Waals surface area contributed by atoms with Gasteiger partial charge in [-0.2, -0.15) is 0 Å². The van der Waals surface area contributed by atoms with Gasteiger partial charge in [0, 0.05) is 29.1 Å². The molecule has 2 bridgehead atoms. The van der Waals surface area contributed by atoms with Crippen molar-refractivity contribution in [3.05, 3.63) is 40.9 Å². The number of ether oxygens (including phenoxy) is 4. The van der Waals surface area contributed by atoms with Crippen LogP contribution in [0, 0.1) is 0 Å². The van der Waals surface area contributed by atoms with Gasteiger partial charge in [-0.25, -0.2) is 4.79 Å². The lowest BCUT2D eigenvalue weighted by Gasteiger charge is -2.50. The molecule has 2 aliphatic rings. The van der Waals surface area contributed by atoms with Gasteiger partial charge in [0.05, 0.1) is 33.1 Å². The van der Waals surface area contributed by atoms with Crippen LogP contribution >= 0.6 is 11.6 Å². The number of carbonyl (C=O) groups excluding carboxylic acids is 1. The molecule has 2 heterocycles. The zero-order valence-electron chi connectivity index (χ0n) is 16.0. The average Bonchev–Trinajstić information content (AvgIpc) is 2.67. The lowest BCUT2D eigenvalue weighted by Crippen LogP contribution is -2.65. The second-order valence-corrected chi connectivity index (χ2v) is 7.32. The van der Waals surface area contributed by atoms with Crippen molar-refractivity contribution in [3.63, 3.8) is 0 Å². The van der Waals surface area contributed by atoms with Gasteiger partial charge >= 0.3 is 6.03 Å². The van der Waals surface area contributed by atoms with Gasteiger partial charge in [0.25, 0.3) is 0 Å². The van der Waals surface area contributed by atoms with E-state index in [1.165, 1.54) is 21.3 Å². The third-order valence-corrected chi connectivity index (χ3v) is 5.38. The molecule has 1 fully saturated rings. The largest absolute Gasteiger partial charge is 0.493 e. The van der Waals surface area contributed by atoms with E-state index in [9.17, 15) is 4.79 Å². The van der Waals surface area contributed by atoms with E-state index in [4.69, 9.17) is 30.5 Å². The Morgan fingerprint density at radius 2 is 1.82 bits per heavy atom. The number of rotatable bonds is 4. The van der Waals surface area contributed by atoms with Crippen molar-refractivity contribution in [1.82, 2.24) is 5.32 Å². The van der Waals surface area contributed by atoms with E-state index in [2.05, 4.69) is 5.32 Å². The van der Waals surface area contributed by atoms with Crippen LogP contribution in [0.3, 0.4) is 0 Å². The first-order valence-electron chi connectivity index (χ1n) is 8.79. The van der Waals surface area contributed by atoms with Crippen LogP contribution in [-0.2, 0) is 0 Å². The highest BCUT2D eigenvalue weighted by molar-refractivity contribution is 6.30. The number of methoxy groups -OCH3 is 3. The lowest BCUT2D eigenvalue weighted by atomic mass is 9.90. The number of hydrogen-bond acceptors (Lipinski definition) is 5. The van der Waals surface area contributed by atoms with Crippen LogP contribution in [0.25, 0.3) is 0 Å². The minimum Gasteiger partial charge on any atom is -0.493 e. The SMILES string of the molecule is COc1cc(N2C(=O)N[C@@H]3C[C@@]2(C)Oc2ccc(Cl)cc23)cc(OC)c1OC. The smallest absolute Gasteiger partial charge is 0.325 e. The third kappa shape index (κ3) is 2.77. The number of halogens is 1. The number of fused-ring (bicyclic) bond motifs is 4. The summed E-state index contributed by atoms with van der Waals surface area (Å²) in [7, 11) is 4.60. The normalized spacial score (nSPS) is 22.7. The zero-order chi connectivity index (χ0) is 20.1. The van der Waals surface area contributed by atoms with Crippen LogP contribution in [0.1, 0.15) is 24.9 Å². The van der Waals surface area contributed by atoms with Crippen molar-refractivity contribution < 1.29 is 23.7 Å². The summed E-state index contributed by atoms with van der Waals surface area (Å²) in [6.45, 7) is 1.89. The summed E-state index contributed by atoms with van der Waals surface area (Å²) in [6.07, 6.45) is 0.558. The zero-order valence-corrected chi connectivity index (χ0v) is 16.8. The number of benzene rings is 2. The summed E-state index contributed by atoms with van der Waals surface area (Å²) < 4.78 is 22.5. The number of urea groups is 1. The van der Waals surface area contributed by atoms with Gasteiger partial charge in [0.2, 0.25) is 5.75 Å². The summed E-state index contributed by atoms with van der Waals surface area (Å²) in [5.74, 6) is 2.07. The molecule has 28 heavy (non-hydrogen) atoms. The van der Waals surface area contributed by atoms with E-state index in [1.807, 2.05) is 19.1 Å². The molecular formula is C20H21ClN2O5. The predicted octanol–water partition coefficient (Wildman–Crippen LogP) is 4.14. The third-order valence-electron chi connectivity index (χ3n) is 5.14. The van der Waals surface area contributed by atoms with Gasteiger partial charge in [-0.05, 0) is 25.1 Å². The Hall–Kier alpha value is -2.80. The average molecular weight is 405 g/mol. The Morgan fingerprint density at radius 1 is 1.14 bits per heavy atom. The molecule has 4 rings (SSSR count). The molecule has 2 atom stereocenters. The first-order valence-corrected chi connectivity index (χ1v) is 9.17. The number of carbonyl (C=O) groups is 1. The summed E-state index contributed by atoms with van der Waals surface area (Å²) >= 11 is 6.13. The molecular weight excluding hydrogens is 384 g/mol. The van der Waals surface area contributed by atoms with Gasteiger partial charge in [-0.15, -0.1) is 0 Å². The summed E-state index contributed by atoms with van der Waals surface area (Å²) in [6, 6.07) is 8.43. The number of hydrogen-bond donors (Lipinski definition) is 1. The Labute approximate surface area is 168 Å². The molecule has 8 heteroatoms. The monoisotopic (exact) mass is 404 g/mol. The van der Waals surface area contributed by atoms with Crippen LogP contribution in [-0.4, -0.2) is 33.1 Å². The molecule has 2 aromatic rings. The fourth-order valence-electron chi connectivity index (χ4n) is 3.93. The number of nitrogens with one attached hydrogen (secondary N) is 1. The minimum absolute atomic E-state index is 0.182. The first kappa shape index (κ1) is 18.6. The van der Waals surface area contributed by atoms with E-state index < -0.39 is 5.72 Å². The van der Waals surface area contributed by atoms with Gasteiger partial charge in [-0.1, -0.05) is 11.6 Å². The molecule has 7 nitrogen and oxygen atoms in total. The topological polar surface area (TPSA) is 69.3 Å². The summed E-state index contributed by atoms with van der Waals surface area (Å²) in [5, 5.41) is 3.65. The predicted molar refractivity (Wildman–Crippen MR) is 105 cm³/mol. The van der Waals surface area contributed by atoms with E-state index >= 15 is 0 Å². The Bertz CT molecular complexity index is 925. The fourth-order valence-corrected chi connectivity index (χ4v) is 4.11. The van der Waals surface area contributed by atoms with Crippen LogP contribution in [0.2, 0.25) is 5.02 Å². The van der Waals surface area contributed by atoms with Crippen molar-refractivity contribution in [2.24, 2.45) is 0 Å². The molecule has 0 aromatic heterocycles. The second-order valence-electron chi connectivity index (χ2n) is 6.88. The van der Waals surface area contributed by atoms with Crippen LogP contribution in [0.5, 0.6) is 23.0 Å². The fraction of sp³-hybridized carbons (Fsp3) is 0.350. The van der Waals surface area contributed by atoms with Crippen LogP contribution in [0.4, 0.5) is 10.5 Å². The highest BCUT2D eigenvalue weighted by Crippen LogP contribution is 2.48. The number of amides is 2. The van der Waals surface area contributed by atoms with Gasteiger partial charge < -0.3 is 24.3 Å². The molecule has 0 radical (unpaired) electrons. The first-order chi connectivity index (χ1) is 13.4. The van der Waals surface area contributed by atoms with Gasteiger partial charge in [0.1, 0.15) is 5.75 Å². The van der Waals surface area contributed by atoms with Crippen molar-refractivity contribution in [2.75, 3.05) is 26.2 Å². The number of anilines is 1. The van der Waals surface area contributed by atoms with Gasteiger partial charge in [0.15, 0.2) is 17.2 Å². The van der Waals surface area contributed by atoms with Crippen LogP contribution < -0.4 is 29.2 Å². The highest BCUT2D eigenvalue weighted by Gasteiger charge is 2.50. The summed E-state index contributed by atoms with van der Waals surface area (Å²) in [5.41, 5.74) is 0.562. The van der Waals surface area contributed by atoms with Gasteiger partial charge in [-0.3, -0.25) is 4.90 Å². The number of nitrogens with zero attached hydrogens (tertiary/aromatic N) is 1. The second kappa shape index (κ2) is 6.67. The molecule has 2 aromatic carbocycles. The molecule has 1 N–H and O–H groups in total. The molecule has 148 valence electrons. The standard InChI is InChI=1S/C20H21ClN2O5/c1-20-10-14(13-7-11(21)5-6-15(13)28-20)22-19(24)23(20)12-8-16(25-2)18(27-4)17(9-12)26-3/h5-9,14H,10H2,1-4H3,(H,22,24)/t14-,20-/m1/s1. The Balaban J connectivity index is 1.81. The Kier molecular flexibility index (Phi) is 4.42. The van der Waals surface area contributed by atoms with Crippen LogP contribution in [0.15, 0.2) is 30.3 Å². The quantitative estimate of drug-likeness (QED) is 0.829. The molecule has 1 saturated heterocycles. The maximum Gasteiger partial charge on any atom is 0.325 e. The highest BCUT2D eigenvalue weighted by atomic mass is 35.5. The molecule has 2 amide bonds. The van der Waals surface area contributed by atoms with E-state index in [-0.39, 0.29) is 12.1 Å². The lowest BCUT2D eigenvalue weighted by molar-refractivity contribution is 0.0378. The van der Waals surface area contributed by atoms with E-state index in [0.29, 0.717) is 40.1 Å². The molecule has 0 aliphatic carbocycles.